The Morgan fingerprint density at radius 2 is 2.04 bits per heavy atom. The van der Waals surface area contributed by atoms with E-state index in [1.165, 1.54) is 12.7 Å². The lowest BCUT2D eigenvalue weighted by molar-refractivity contribution is 0.102. The number of aromatic nitrogens is 2. The number of likely N-dealkylation sites (N-methyl/N-ethyl adjacent to an activating group) is 1. The second kappa shape index (κ2) is 6.84. The van der Waals surface area contributed by atoms with Gasteiger partial charge in [-0.1, -0.05) is 6.42 Å². The molecular weight excluding hydrogens is 318 g/mol. The third-order valence-electron chi connectivity index (χ3n) is 5.07. The van der Waals surface area contributed by atoms with Crippen molar-refractivity contribution in [3.63, 3.8) is 0 Å². The predicted octanol–water partition coefficient (Wildman–Crippen LogP) is 2.34. The first-order valence-electron chi connectivity index (χ1n) is 8.85. The molecular formula is C18H23N5O2. The summed E-state index contributed by atoms with van der Waals surface area (Å²) in [5.41, 5.74) is 1.40. The number of nitrogens with one attached hydrogen (secondary N) is 1. The van der Waals surface area contributed by atoms with Gasteiger partial charge in [0.15, 0.2) is 11.6 Å². The molecule has 0 radical (unpaired) electrons. The molecule has 2 aliphatic rings. The molecule has 4 rings (SSSR count). The van der Waals surface area contributed by atoms with Crippen LogP contribution in [-0.2, 0) is 0 Å². The average Bonchev–Trinajstić information content (AvgIpc) is 3.04. The molecule has 132 valence electrons. The SMILES string of the molecule is CN1CCN(c2ccc(NC(=O)c3coc(C4CCC4)n3)nc2)CC1. The molecule has 7 heteroatoms. The Balaban J connectivity index is 1.37. The van der Waals surface area contributed by atoms with Crippen LogP contribution in [0.5, 0.6) is 0 Å². The Morgan fingerprint density at radius 1 is 1.24 bits per heavy atom. The van der Waals surface area contributed by atoms with Crippen molar-refractivity contribution in [1.29, 1.82) is 0 Å². The van der Waals surface area contributed by atoms with Crippen LogP contribution < -0.4 is 10.2 Å². The van der Waals surface area contributed by atoms with Crippen molar-refractivity contribution in [3.8, 4) is 0 Å². The van der Waals surface area contributed by atoms with Gasteiger partial charge in [-0.05, 0) is 32.0 Å². The number of anilines is 2. The second-order valence-electron chi connectivity index (χ2n) is 6.84. The number of hydrogen-bond donors (Lipinski definition) is 1. The topological polar surface area (TPSA) is 74.5 Å². The summed E-state index contributed by atoms with van der Waals surface area (Å²) >= 11 is 0. The van der Waals surface area contributed by atoms with Crippen molar-refractivity contribution in [3.05, 3.63) is 36.2 Å². The van der Waals surface area contributed by atoms with Crippen LogP contribution in [0.3, 0.4) is 0 Å². The van der Waals surface area contributed by atoms with E-state index in [1.807, 2.05) is 18.3 Å². The number of carbonyl (C=O) groups is 1. The van der Waals surface area contributed by atoms with Crippen LogP contribution in [0.1, 0.15) is 41.6 Å². The fourth-order valence-electron chi connectivity index (χ4n) is 3.13. The zero-order chi connectivity index (χ0) is 17.2. The summed E-state index contributed by atoms with van der Waals surface area (Å²) in [7, 11) is 2.13. The van der Waals surface area contributed by atoms with Gasteiger partial charge in [0.1, 0.15) is 12.1 Å². The van der Waals surface area contributed by atoms with Gasteiger partial charge in [0.25, 0.3) is 5.91 Å². The Kier molecular flexibility index (Phi) is 4.40. The molecule has 1 aliphatic carbocycles. The molecule has 1 amide bonds. The quantitative estimate of drug-likeness (QED) is 0.920. The van der Waals surface area contributed by atoms with Crippen molar-refractivity contribution in [2.45, 2.75) is 25.2 Å². The van der Waals surface area contributed by atoms with Gasteiger partial charge >= 0.3 is 0 Å². The van der Waals surface area contributed by atoms with Crippen LogP contribution in [0.15, 0.2) is 29.0 Å². The summed E-state index contributed by atoms with van der Waals surface area (Å²) in [6.45, 7) is 4.08. The molecule has 0 spiro atoms. The first-order chi connectivity index (χ1) is 12.2. The number of amides is 1. The van der Waals surface area contributed by atoms with Gasteiger partial charge in [0.2, 0.25) is 0 Å². The van der Waals surface area contributed by atoms with E-state index < -0.39 is 0 Å². The predicted molar refractivity (Wildman–Crippen MR) is 95.0 cm³/mol. The van der Waals surface area contributed by atoms with Crippen LogP contribution in [0.2, 0.25) is 0 Å². The van der Waals surface area contributed by atoms with E-state index in [-0.39, 0.29) is 5.91 Å². The van der Waals surface area contributed by atoms with E-state index in [2.05, 4.69) is 32.1 Å². The molecule has 1 saturated heterocycles. The summed E-state index contributed by atoms with van der Waals surface area (Å²) < 4.78 is 5.43. The second-order valence-corrected chi connectivity index (χ2v) is 6.84. The maximum Gasteiger partial charge on any atom is 0.278 e. The zero-order valence-electron chi connectivity index (χ0n) is 14.4. The molecule has 1 N–H and O–H groups in total. The fourth-order valence-corrected chi connectivity index (χ4v) is 3.13. The van der Waals surface area contributed by atoms with Crippen LogP contribution in [-0.4, -0.2) is 54.0 Å². The number of nitrogens with zero attached hydrogens (tertiary/aromatic N) is 4. The van der Waals surface area contributed by atoms with Crippen LogP contribution >= 0.6 is 0 Å². The minimum atomic E-state index is -0.283. The van der Waals surface area contributed by atoms with Crippen LogP contribution in [0.25, 0.3) is 0 Å². The van der Waals surface area contributed by atoms with E-state index in [9.17, 15) is 4.79 Å². The molecule has 1 saturated carbocycles. The van der Waals surface area contributed by atoms with E-state index >= 15 is 0 Å². The smallest absolute Gasteiger partial charge is 0.278 e. The number of piperazine rings is 1. The lowest BCUT2D eigenvalue weighted by Gasteiger charge is -2.33. The van der Waals surface area contributed by atoms with E-state index in [0.717, 1.165) is 44.7 Å². The highest BCUT2D eigenvalue weighted by Crippen LogP contribution is 2.35. The molecule has 0 unspecified atom stereocenters. The molecule has 0 aromatic carbocycles. The number of oxazole rings is 1. The lowest BCUT2D eigenvalue weighted by Crippen LogP contribution is -2.44. The fraction of sp³-hybridized carbons (Fsp3) is 0.500. The molecule has 25 heavy (non-hydrogen) atoms. The van der Waals surface area contributed by atoms with Crippen molar-refractivity contribution in [1.82, 2.24) is 14.9 Å². The first-order valence-corrected chi connectivity index (χ1v) is 8.85. The summed E-state index contributed by atoms with van der Waals surface area (Å²) in [4.78, 5) is 25.6. The van der Waals surface area contributed by atoms with Crippen LogP contribution in [0, 0.1) is 0 Å². The molecule has 2 fully saturated rings. The van der Waals surface area contributed by atoms with Gasteiger partial charge in [0, 0.05) is 32.1 Å². The number of pyridine rings is 1. The van der Waals surface area contributed by atoms with Crippen molar-refractivity contribution < 1.29 is 9.21 Å². The Labute approximate surface area is 147 Å². The van der Waals surface area contributed by atoms with Crippen molar-refractivity contribution >= 4 is 17.4 Å². The van der Waals surface area contributed by atoms with Crippen LogP contribution in [0.4, 0.5) is 11.5 Å². The maximum absolute atomic E-state index is 12.3. The number of rotatable bonds is 4. The molecule has 2 aromatic heterocycles. The molecule has 0 atom stereocenters. The van der Waals surface area contributed by atoms with Gasteiger partial charge in [-0.25, -0.2) is 9.97 Å². The third-order valence-corrected chi connectivity index (χ3v) is 5.07. The Hall–Kier alpha value is -2.41. The standard InChI is InChI=1S/C18H23N5O2/c1-22-7-9-23(10-8-22)14-5-6-16(19-11-14)21-17(24)15-12-25-18(20-15)13-3-2-4-13/h5-6,11-13H,2-4,7-10H2,1H3,(H,19,21,24). The summed E-state index contributed by atoms with van der Waals surface area (Å²) in [6, 6.07) is 3.83. The summed E-state index contributed by atoms with van der Waals surface area (Å²) in [6.07, 6.45) is 6.64. The molecule has 2 aromatic rings. The van der Waals surface area contributed by atoms with E-state index in [0.29, 0.717) is 23.3 Å². The largest absolute Gasteiger partial charge is 0.448 e. The summed E-state index contributed by atoms with van der Waals surface area (Å²) in [5.74, 6) is 1.29. The number of carbonyl (C=O) groups excluding carboxylic acids is 1. The lowest BCUT2D eigenvalue weighted by atomic mass is 9.85. The maximum atomic E-state index is 12.3. The van der Waals surface area contributed by atoms with E-state index in [4.69, 9.17) is 4.42 Å². The minimum absolute atomic E-state index is 0.283. The highest BCUT2D eigenvalue weighted by Gasteiger charge is 2.25. The molecule has 3 heterocycles. The third kappa shape index (κ3) is 3.51. The van der Waals surface area contributed by atoms with Gasteiger partial charge in [-0.15, -0.1) is 0 Å². The summed E-state index contributed by atoms with van der Waals surface area (Å²) in [5, 5.41) is 2.78. The highest BCUT2D eigenvalue weighted by molar-refractivity contribution is 6.02. The highest BCUT2D eigenvalue weighted by atomic mass is 16.3. The first kappa shape index (κ1) is 16.1. The van der Waals surface area contributed by atoms with Crippen molar-refractivity contribution in [2.75, 3.05) is 43.4 Å². The van der Waals surface area contributed by atoms with Crippen molar-refractivity contribution in [2.24, 2.45) is 0 Å². The number of hydrogen-bond acceptors (Lipinski definition) is 6. The van der Waals surface area contributed by atoms with E-state index in [1.54, 1.807) is 0 Å². The van der Waals surface area contributed by atoms with Gasteiger partial charge < -0.3 is 19.5 Å². The van der Waals surface area contributed by atoms with Gasteiger partial charge in [-0.3, -0.25) is 4.79 Å². The molecule has 1 aliphatic heterocycles. The molecule has 0 bridgehead atoms. The Bertz CT molecular complexity index is 730. The molecule has 7 nitrogen and oxygen atoms in total. The minimum Gasteiger partial charge on any atom is -0.448 e. The normalized spacial score (nSPS) is 18.8. The average molecular weight is 341 g/mol. The van der Waals surface area contributed by atoms with Gasteiger partial charge in [0.05, 0.1) is 11.9 Å². The van der Waals surface area contributed by atoms with Gasteiger partial charge in [-0.2, -0.15) is 0 Å². The monoisotopic (exact) mass is 341 g/mol. The Morgan fingerprint density at radius 3 is 2.68 bits per heavy atom. The zero-order valence-corrected chi connectivity index (χ0v) is 14.4.